The van der Waals surface area contributed by atoms with Crippen LogP contribution < -0.4 is 16.0 Å². The zero-order valence-corrected chi connectivity index (χ0v) is 18.2. The maximum absolute atomic E-state index is 4.63. The van der Waals surface area contributed by atoms with Crippen molar-refractivity contribution in [3.05, 3.63) is 85.5 Å². The van der Waals surface area contributed by atoms with E-state index in [0.29, 0.717) is 46.5 Å². The second kappa shape index (κ2) is 8.90. The van der Waals surface area contributed by atoms with Gasteiger partial charge >= 0.3 is 0 Å². The van der Waals surface area contributed by atoms with E-state index in [1.807, 2.05) is 48.5 Å². The molecule has 0 aliphatic carbocycles. The summed E-state index contributed by atoms with van der Waals surface area (Å²) in [6.45, 7) is 0. The van der Waals surface area contributed by atoms with E-state index in [2.05, 4.69) is 55.8 Å². The van der Waals surface area contributed by atoms with Crippen LogP contribution in [0.1, 0.15) is 0 Å². The monoisotopic (exact) mass is 459 g/mol. The first-order valence-electron chi connectivity index (χ1n) is 10.7. The minimum Gasteiger partial charge on any atom is -0.325 e. The summed E-state index contributed by atoms with van der Waals surface area (Å²) in [6.07, 6.45) is 6.65. The van der Waals surface area contributed by atoms with E-state index in [-0.39, 0.29) is 0 Å². The molecule has 0 aromatic carbocycles. The second-order valence-electron chi connectivity index (χ2n) is 7.40. The third-order valence-corrected chi connectivity index (χ3v) is 4.97. The molecule has 6 aromatic heterocycles. The summed E-state index contributed by atoms with van der Waals surface area (Å²) >= 11 is 0. The number of fused-ring (bicyclic) bond motifs is 2. The highest BCUT2D eigenvalue weighted by molar-refractivity contribution is 5.81. The van der Waals surface area contributed by atoms with Crippen molar-refractivity contribution in [3.8, 4) is 0 Å². The standard InChI is InChI=1S/C24H17N11/c1-11-25-23(26-12-1)34-19-9-5-15-3-7-17(30-21(15)32-19)29-18-8-4-16-6-10-20(33-22(16)31-18)35-24-27-13-2-14-28-24/h1-14H,(H3,25,26,27,28,29,30,31,32,33,34,35). The van der Waals surface area contributed by atoms with Gasteiger partial charge in [0.05, 0.1) is 0 Å². The molecule has 35 heavy (non-hydrogen) atoms. The number of anilines is 6. The first-order chi connectivity index (χ1) is 17.3. The van der Waals surface area contributed by atoms with Crippen LogP contribution in [0.25, 0.3) is 22.1 Å². The van der Waals surface area contributed by atoms with Gasteiger partial charge in [-0.25, -0.2) is 39.9 Å². The number of hydrogen-bond acceptors (Lipinski definition) is 11. The quantitative estimate of drug-likeness (QED) is 0.327. The van der Waals surface area contributed by atoms with E-state index in [4.69, 9.17) is 0 Å². The van der Waals surface area contributed by atoms with Crippen LogP contribution in [0.5, 0.6) is 0 Å². The van der Waals surface area contributed by atoms with Gasteiger partial charge in [0.2, 0.25) is 11.9 Å². The Morgan fingerprint density at radius 2 is 0.743 bits per heavy atom. The predicted octanol–water partition coefficient (Wildman–Crippen LogP) is 4.38. The van der Waals surface area contributed by atoms with Crippen molar-refractivity contribution in [2.45, 2.75) is 0 Å². The van der Waals surface area contributed by atoms with Gasteiger partial charge in [0.15, 0.2) is 11.3 Å². The summed E-state index contributed by atoms with van der Waals surface area (Å²) in [6, 6.07) is 18.7. The van der Waals surface area contributed by atoms with E-state index in [9.17, 15) is 0 Å². The predicted molar refractivity (Wildman–Crippen MR) is 133 cm³/mol. The van der Waals surface area contributed by atoms with Crippen molar-refractivity contribution < 1.29 is 0 Å². The lowest BCUT2D eigenvalue weighted by atomic mass is 10.2. The van der Waals surface area contributed by atoms with Gasteiger partial charge in [0.25, 0.3) is 0 Å². The Balaban J connectivity index is 1.25. The lowest BCUT2D eigenvalue weighted by Gasteiger charge is -2.09. The summed E-state index contributed by atoms with van der Waals surface area (Å²) in [7, 11) is 0. The van der Waals surface area contributed by atoms with Crippen LogP contribution >= 0.6 is 0 Å². The van der Waals surface area contributed by atoms with E-state index in [0.717, 1.165) is 10.8 Å². The molecule has 0 spiro atoms. The fourth-order valence-corrected chi connectivity index (χ4v) is 3.36. The highest BCUT2D eigenvalue weighted by Crippen LogP contribution is 2.22. The smallest absolute Gasteiger partial charge is 0.228 e. The van der Waals surface area contributed by atoms with Crippen molar-refractivity contribution in [1.82, 2.24) is 39.9 Å². The van der Waals surface area contributed by atoms with Gasteiger partial charge in [0, 0.05) is 35.6 Å². The Labute approximate surface area is 198 Å². The number of rotatable bonds is 6. The Hall–Kier alpha value is -5.32. The number of nitrogens with zero attached hydrogens (tertiary/aromatic N) is 8. The van der Waals surface area contributed by atoms with Crippen LogP contribution in [0, 0.1) is 0 Å². The number of nitrogens with one attached hydrogen (secondary N) is 3. The summed E-state index contributed by atoms with van der Waals surface area (Å²) < 4.78 is 0. The van der Waals surface area contributed by atoms with Crippen molar-refractivity contribution in [2.75, 3.05) is 16.0 Å². The largest absolute Gasteiger partial charge is 0.325 e. The molecule has 0 radical (unpaired) electrons. The van der Waals surface area contributed by atoms with Crippen LogP contribution in [-0.2, 0) is 0 Å². The number of hydrogen-bond donors (Lipinski definition) is 3. The van der Waals surface area contributed by atoms with Gasteiger partial charge in [0.1, 0.15) is 23.3 Å². The molecule has 3 N–H and O–H groups in total. The van der Waals surface area contributed by atoms with E-state index < -0.39 is 0 Å². The highest BCUT2D eigenvalue weighted by atomic mass is 15.2. The molecule has 0 atom stereocenters. The Morgan fingerprint density at radius 1 is 0.400 bits per heavy atom. The molecule has 11 nitrogen and oxygen atoms in total. The topological polar surface area (TPSA) is 139 Å². The van der Waals surface area contributed by atoms with E-state index in [1.165, 1.54) is 0 Å². The summed E-state index contributed by atoms with van der Waals surface area (Å²) in [5.74, 6) is 3.35. The molecule has 0 aliphatic heterocycles. The van der Waals surface area contributed by atoms with Crippen molar-refractivity contribution in [1.29, 1.82) is 0 Å². The third-order valence-electron chi connectivity index (χ3n) is 4.97. The first-order valence-corrected chi connectivity index (χ1v) is 10.7. The average molecular weight is 459 g/mol. The molecule has 0 aliphatic rings. The van der Waals surface area contributed by atoms with E-state index >= 15 is 0 Å². The maximum Gasteiger partial charge on any atom is 0.228 e. The van der Waals surface area contributed by atoms with Gasteiger partial charge in [-0.05, 0) is 60.7 Å². The molecule has 6 heterocycles. The van der Waals surface area contributed by atoms with E-state index in [1.54, 1.807) is 36.9 Å². The van der Waals surface area contributed by atoms with Crippen LogP contribution in [0.2, 0.25) is 0 Å². The molecule has 168 valence electrons. The molecule has 11 heteroatoms. The summed E-state index contributed by atoms with van der Waals surface area (Å²) in [4.78, 5) is 35.1. The molecule has 0 amide bonds. The normalized spacial score (nSPS) is 10.9. The zero-order valence-electron chi connectivity index (χ0n) is 18.2. The molecule has 0 saturated heterocycles. The van der Waals surface area contributed by atoms with Crippen LogP contribution in [0.3, 0.4) is 0 Å². The molecule has 0 unspecified atom stereocenters. The molecule has 0 fully saturated rings. The molecular weight excluding hydrogens is 442 g/mol. The van der Waals surface area contributed by atoms with Crippen molar-refractivity contribution in [2.24, 2.45) is 0 Å². The van der Waals surface area contributed by atoms with Crippen LogP contribution in [-0.4, -0.2) is 39.9 Å². The Bertz CT molecular complexity index is 1500. The number of pyridine rings is 4. The number of aromatic nitrogens is 8. The van der Waals surface area contributed by atoms with Gasteiger partial charge in [-0.2, -0.15) is 0 Å². The lowest BCUT2D eigenvalue weighted by molar-refractivity contribution is 1.15. The zero-order chi connectivity index (χ0) is 23.5. The maximum atomic E-state index is 4.63. The molecule has 6 aromatic rings. The molecule has 0 bridgehead atoms. The Morgan fingerprint density at radius 3 is 1.11 bits per heavy atom. The van der Waals surface area contributed by atoms with Crippen molar-refractivity contribution >= 4 is 57.2 Å². The van der Waals surface area contributed by atoms with Gasteiger partial charge in [-0.15, -0.1) is 0 Å². The van der Waals surface area contributed by atoms with Crippen LogP contribution in [0.15, 0.2) is 85.5 Å². The summed E-state index contributed by atoms with van der Waals surface area (Å²) in [5, 5.41) is 11.2. The van der Waals surface area contributed by atoms with Crippen LogP contribution in [0.4, 0.5) is 35.2 Å². The molecular formula is C24H17N11. The van der Waals surface area contributed by atoms with Gasteiger partial charge in [-0.1, -0.05) is 0 Å². The van der Waals surface area contributed by atoms with Crippen molar-refractivity contribution in [3.63, 3.8) is 0 Å². The fourth-order valence-electron chi connectivity index (χ4n) is 3.36. The lowest BCUT2D eigenvalue weighted by Crippen LogP contribution is -2.01. The molecule has 0 saturated carbocycles. The minimum atomic E-state index is 0.467. The fraction of sp³-hybridized carbons (Fsp3) is 0. The van der Waals surface area contributed by atoms with Gasteiger partial charge in [-0.3, -0.25) is 0 Å². The second-order valence-corrected chi connectivity index (χ2v) is 7.40. The average Bonchev–Trinajstić information content (AvgIpc) is 2.89. The molecule has 6 rings (SSSR count). The van der Waals surface area contributed by atoms with Gasteiger partial charge < -0.3 is 16.0 Å². The third kappa shape index (κ3) is 4.59. The SMILES string of the molecule is c1cnc(Nc2ccc3ccc(Nc4ccc5ccc(Nc6ncccn6)nc5n4)nc3n2)nc1. The first kappa shape index (κ1) is 20.3. The minimum absolute atomic E-state index is 0.467. The Kier molecular flexibility index (Phi) is 5.16. The highest BCUT2D eigenvalue weighted by Gasteiger charge is 2.07. The summed E-state index contributed by atoms with van der Waals surface area (Å²) in [5.41, 5.74) is 1.15.